The van der Waals surface area contributed by atoms with Gasteiger partial charge in [0.15, 0.2) is 0 Å². The molecule has 0 atom stereocenters. The van der Waals surface area contributed by atoms with E-state index in [2.05, 4.69) is 24.1 Å². The molecule has 0 fully saturated rings. The summed E-state index contributed by atoms with van der Waals surface area (Å²) in [5.41, 5.74) is 0. The molecule has 0 aromatic carbocycles. The molecular formula is C11H24N2. The predicted molar refractivity (Wildman–Crippen MR) is 59.6 cm³/mol. The normalized spacial score (nSPS) is 9.69. The van der Waals surface area contributed by atoms with E-state index in [9.17, 15) is 0 Å². The molecule has 2 nitrogen and oxygen atoms in total. The van der Waals surface area contributed by atoms with E-state index >= 15 is 0 Å². The van der Waals surface area contributed by atoms with Crippen molar-refractivity contribution in [3.8, 4) is 0 Å². The summed E-state index contributed by atoms with van der Waals surface area (Å²) in [7, 11) is 1.89. The quantitative estimate of drug-likeness (QED) is 0.538. The predicted octanol–water partition coefficient (Wildman–Crippen LogP) is 2.63. The maximum absolute atomic E-state index is 3.80. The number of hydrogen-bond donors (Lipinski definition) is 2. The maximum Gasteiger partial charge on any atom is 0.0909 e. The second-order valence-corrected chi connectivity index (χ2v) is 3.42. The molecule has 0 aromatic rings. The van der Waals surface area contributed by atoms with Crippen LogP contribution in [0.1, 0.15) is 45.4 Å². The molecule has 2 N–H and O–H groups in total. The molecule has 0 bridgehead atoms. The van der Waals surface area contributed by atoms with Crippen LogP contribution in [0.5, 0.6) is 0 Å². The minimum atomic E-state index is 0.925. The van der Waals surface area contributed by atoms with E-state index in [1.54, 1.807) is 0 Å². The van der Waals surface area contributed by atoms with E-state index in [1.165, 1.54) is 38.5 Å². The monoisotopic (exact) mass is 184 g/mol. The molecule has 0 rings (SSSR count). The summed E-state index contributed by atoms with van der Waals surface area (Å²) < 4.78 is 0. The highest BCUT2D eigenvalue weighted by atomic mass is 15.1. The lowest BCUT2D eigenvalue weighted by Gasteiger charge is -2.07. The summed E-state index contributed by atoms with van der Waals surface area (Å²) in [6.45, 7) is 7.09. The van der Waals surface area contributed by atoms with Crippen molar-refractivity contribution >= 4 is 0 Å². The molecule has 13 heavy (non-hydrogen) atoms. The zero-order valence-electron chi connectivity index (χ0n) is 9.16. The summed E-state index contributed by atoms with van der Waals surface area (Å²) >= 11 is 0. The Hall–Kier alpha value is -0.660. The van der Waals surface area contributed by atoms with Crippen molar-refractivity contribution in [1.29, 1.82) is 0 Å². The Morgan fingerprint density at radius 2 is 1.69 bits per heavy atom. The Labute approximate surface area is 82.8 Å². The molecule has 0 saturated heterocycles. The average Bonchev–Trinajstić information content (AvgIpc) is 2.16. The smallest absolute Gasteiger partial charge is 0.0909 e. The zero-order chi connectivity index (χ0) is 9.94. The van der Waals surface area contributed by atoms with Crippen LogP contribution in [-0.2, 0) is 0 Å². The molecule has 78 valence electrons. The van der Waals surface area contributed by atoms with Crippen LogP contribution in [0.3, 0.4) is 0 Å². The van der Waals surface area contributed by atoms with E-state index in [4.69, 9.17) is 0 Å². The van der Waals surface area contributed by atoms with Gasteiger partial charge < -0.3 is 10.6 Å². The van der Waals surface area contributed by atoms with Gasteiger partial charge in [-0.1, -0.05) is 45.6 Å². The fraction of sp³-hybridized carbons (Fsp3) is 0.818. The highest BCUT2D eigenvalue weighted by Gasteiger charge is 1.90. The molecule has 0 amide bonds. The first-order chi connectivity index (χ1) is 6.31. The Morgan fingerprint density at radius 3 is 2.31 bits per heavy atom. The Kier molecular flexibility index (Phi) is 8.95. The first kappa shape index (κ1) is 12.3. The SMILES string of the molecule is C=C(NC)NCCCCCCCC. The Morgan fingerprint density at radius 1 is 1.08 bits per heavy atom. The topological polar surface area (TPSA) is 24.1 Å². The second-order valence-electron chi connectivity index (χ2n) is 3.42. The average molecular weight is 184 g/mol. The van der Waals surface area contributed by atoms with Crippen LogP contribution in [0.15, 0.2) is 12.4 Å². The van der Waals surface area contributed by atoms with E-state index in [0.717, 1.165) is 12.4 Å². The highest BCUT2D eigenvalue weighted by molar-refractivity contribution is 4.85. The standard InChI is InChI=1S/C11H24N2/c1-4-5-6-7-8-9-10-13-11(2)12-3/h12-13H,2,4-10H2,1,3H3. The maximum atomic E-state index is 3.80. The van der Waals surface area contributed by atoms with Gasteiger partial charge >= 0.3 is 0 Å². The van der Waals surface area contributed by atoms with Gasteiger partial charge in [0.2, 0.25) is 0 Å². The van der Waals surface area contributed by atoms with Crippen LogP contribution in [0, 0.1) is 0 Å². The third-order valence-corrected chi connectivity index (χ3v) is 2.17. The Bertz CT molecular complexity index is 121. The van der Waals surface area contributed by atoms with Gasteiger partial charge in [-0.2, -0.15) is 0 Å². The summed E-state index contributed by atoms with van der Waals surface area (Å²) in [4.78, 5) is 0. The van der Waals surface area contributed by atoms with Crippen LogP contribution in [0.4, 0.5) is 0 Å². The van der Waals surface area contributed by atoms with Gasteiger partial charge in [-0.05, 0) is 6.42 Å². The van der Waals surface area contributed by atoms with Crippen molar-refractivity contribution in [3.05, 3.63) is 12.4 Å². The molecule has 0 radical (unpaired) electrons. The van der Waals surface area contributed by atoms with Crippen molar-refractivity contribution < 1.29 is 0 Å². The Balaban J connectivity index is 2.95. The third-order valence-electron chi connectivity index (χ3n) is 2.17. The van der Waals surface area contributed by atoms with Crippen LogP contribution in [0.2, 0.25) is 0 Å². The van der Waals surface area contributed by atoms with Crippen molar-refractivity contribution in [2.75, 3.05) is 13.6 Å². The van der Waals surface area contributed by atoms with Crippen molar-refractivity contribution in [2.24, 2.45) is 0 Å². The minimum absolute atomic E-state index is 0.925. The third kappa shape index (κ3) is 9.25. The highest BCUT2D eigenvalue weighted by Crippen LogP contribution is 2.03. The molecular weight excluding hydrogens is 160 g/mol. The summed E-state index contributed by atoms with van der Waals surface area (Å²) in [5.74, 6) is 0.925. The number of hydrogen-bond acceptors (Lipinski definition) is 2. The largest absolute Gasteiger partial charge is 0.375 e. The van der Waals surface area contributed by atoms with Crippen molar-refractivity contribution in [1.82, 2.24) is 10.6 Å². The summed E-state index contributed by atoms with van der Waals surface area (Å²) in [6.07, 6.45) is 8.07. The van der Waals surface area contributed by atoms with Gasteiger partial charge in [-0.25, -0.2) is 0 Å². The molecule has 0 unspecified atom stereocenters. The number of nitrogens with one attached hydrogen (secondary N) is 2. The zero-order valence-corrected chi connectivity index (χ0v) is 9.16. The first-order valence-corrected chi connectivity index (χ1v) is 5.41. The molecule has 0 heterocycles. The molecule has 0 aromatic heterocycles. The van der Waals surface area contributed by atoms with E-state index < -0.39 is 0 Å². The van der Waals surface area contributed by atoms with Crippen molar-refractivity contribution in [2.45, 2.75) is 45.4 Å². The lowest BCUT2D eigenvalue weighted by atomic mass is 10.1. The lowest BCUT2D eigenvalue weighted by molar-refractivity contribution is 0.587. The van der Waals surface area contributed by atoms with Crippen molar-refractivity contribution in [3.63, 3.8) is 0 Å². The van der Waals surface area contributed by atoms with E-state index in [-0.39, 0.29) is 0 Å². The van der Waals surface area contributed by atoms with Crippen LogP contribution < -0.4 is 10.6 Å². The van der Waals surface area contributed by atoms with Gasteiger partial charge in [0, 0.05) is 13.6 Å². The van der Waals surface area contributed by atoms with E-state index in [0.29, 0.717) is 0 Å². The molecule has 0 aliphatic rings. The lowest BCUT2D eigenvalue weighted by Crippen LogP contribution is -2.23. The first-order valence-electron chi connectivity index (χ1n) is 5.41. The second kappa shape index (κ2) is 9.43. The number of unbranched alkanes of at least 4 members (excludes halogenated alkanes) is 5. The molecule has 0 saturated carbocycles. The van der Waals surface area contributed by atoms with Gasteiger partial charge in [0.05, 0.1) is 5.82 Å². The summed E-state index contributed by atoms with van der Waals surface area (Å²) in [6, 6.07) is 0. The van der Waals surface area contributed by atoms with Gasteiger partial charge in [0.1, 0.15) is 0 Å². The number of rotatable bonds is 9. The van der Waals surface area contributed by atoms with Crippen LogP contribution in [-0.4, -0.2) is 13.6 Å². The van der Waals surface area contributed by atoms with Crippen LogP contribution >= 0.6 is 0 Å². The van der Waals surface area contributed by atoms with Crippen LogP contribution in [0.25, 0.3) is 0 Å². The fourth-order valence-corrected chi connectivity index (χ4v) is 1.23. The van der Waals surface area contributed by atoms with Gasteiger partial charge in [-0.15, -0.1) is 0 Å². The molecule has 0 spiro atoms. The molecule has 0 aliphatic carbocycles. The molecule has 2 heteroatoms. The molecule has 0 aliphatic heterocycles. The van der Waals surface area contributed by atoms with Gasteiger partial charge in [-0.3, -0.25) is 0 Å². The summed E-state index contributed by atoms with van der Waals surface area (Å²) in [5, 5.41) is 6.19. The van der Waals surface area contributed by atoms with Gasteiger partial charge in [0.25, 0.3) is 0 Å². The fourth-order valence-electron chi connectivity index (χ4n) is 1.23. The minimum Gasteiger partial charge on any atom is -0.375 e. The van der Waals surface area contributed by atoms with E-state index in [1.807, 2.05) is 7.05 Å².